The molecule has 0 saturated carbocycles. The van der Waals surface area contributed by atoms with E-state index in [4.69, 9.17) is 4.74 Å². The van der Waals surface area contributed by atoms with Gasteiger partial charge in [-0.3, -0.25) is 4.79 Å². The van der Waals surface area contributed by atoms with Crippen LogP contribution in [0.3, 0.4) is 0 Å². The molecule has 134 valence electrons. The highest BCUT2D eigenvalue weighted by Gasteiger charge is 2.22. The van der Waals surface area contributed by atoms with Gasteiger partial charge in [-0.15, -0.1) is 0 Å². The zero-order chi connectivity index (χ0) is 18.4. The first-order valence-electron chi connectivity index (χ1n) is 8.73. The minimum Gasteiger partial charge on any atom is -0.497 e. The summed E-state index contributed by atoms with van der Waals surface area (Å²) in [6, 6.07) is 9.39. The van der Waals surface area contributed by atoms with E-state index >= 15 is 0 Å². The van der Waals surface area contributed by atoms with Gasteiger partial charge in [0.2, 0.25) is 0 Å². The van der Waals surface area contributed by atoms with Crippen LogP contribution in [0.25, 0.3) is 0 Å². The summed E-state index contributed by atoms with van der Waals surface area (Å²) in [4.78, 5) is 14.6. The summed E-state index contributed by atoms with van der Waals surface area (Å²) < 4.78 is 5.14. The zero-order valence-corrected chi connectivity index (χ0v) is 15.5. The van der Waals surface area contributed by atoms with E-state index < -0.39 is 0 Å². The fourth-order valence-electron chi connectivity index (χ4n) is 3.39. The van der Waals surface area contributed by atoms with Gasteiger partial charge in [0.05, 0.1) is 13.2 Å². The number of carbonyl (C=O) groups is 1. The van der Waals surface area contributed by atoms with Crippen LogP contribution in [0.5, 0.6) is 5.75 Å². The van der Waals surface area contributed by atoms with E-state index in [2.05, 4.69) is 24.1 Å². The molecule has 0 radical (unpaired) electrons. The monoisotopic (exact) mass is 341 g/mol. The Morgan fingerprint density at radius 2 is 1.92 bits per heavy atom. The van der Waals surface area contributed by atoms with Crippen molar-refractivity contribution < 1.29 is 9.53 Å². The third kappa shape index (κ3) is 5.25. The van der Waals surface area contributed by atoms with Gasteiger partial charge < -0.3 is 15.0 Å². The minimum atomic E-state index is -0.336. The second kappa shape index (κ2) is 8.57. The number of piperidine rings is 1. The highest BCUT2D eigenvalue weighted by molar-refractivity contribution is 5.97. The van der Waals surface area contributed by atoms with Gasteiger partial charge in [-0.25, -0.2) is 0 Å². The predicted octanol–water partition coefficient (Wildman–Crippen LogP) is 3.26. The number of amides is 1. The summed E-state index contributed by atoms with van der Waals surface area (Å²) in [5, 5.41) is 12.3. The molecule has 3 unspecified atom stereocenters. The van der Waals surface area contributed by atoms with Gasteiger partial charge in [0.1, 0.15) is 17.4 Å². The molecule has 1 aromatic rings. The van der Waals surface area contributed by atoms with Crippen molar-refractivity contribution in [2.24, 2.45) is 11.8 Å². The fraction of sp³-hybridized carbons (Fsp3) is 0.500. The third-order valence-corrected chi connectivity index (χ3v) is 4.54. The average Bonchev–Trinajstić information content (AvgIpc) is 2.58. The van der Waals surface area contributed by atoms with Crippen molar-refractivity contribution in [3.63, 3.8) is 0 Å². The van der Waals surface area contributed by atoms with Crippen LogP contribution in [-0.2, 0) is 4.79 Å². The molecule has 1 N–H and O–H groups in total. The molecule has 0 aliphatic carbocycles. The first-order valence-corrected chi connectivity index (χ1v) is 8.73. The topological polar surface area (TPSA) is 65.4 Å². The number of nitrogens with one attached hydrogen (secondary N) is 1. The van der Waals surface area contributed by atoms with Gasteiger partial charge in [0.15, 0.2) is 0 Å². The van der Waals surface area contributed by atoms with E-state index in [1.807, 2.05) is 37.3 Å². The summed E-state index contributed by atoms with van der Waals surface area (Å²) in [7, 11) is 1.62. The van der Waals surface area contributed by atoms with Crippen LogP contribution in [0.1, 0.15) is 38.8 Å². The lowest BCUT2D eigenvalue weighted by molar-refractivity contribution is -0.117. The normalized spacial score (nSPS) is 22.0. The molecule has 1 aliphatic rings. The molecule has 1 aromatic carbocycles. The van der Waals surface area contributed by atoms with Crippen LogP contribution in [0.4, 0.5) is 0 Å². The van der Waals surface area contributed by atoms with Crippen molar-refractivity contribution >= 4 is 5.91 Å². The number of hydrogen-bond acceptors (Lipinski definition) is 4. The smallest absolute Gasteiger partial charge is 0.263 e. The lowest BCUT2D eigenvalue weighted by atomic mass is 9.92. The Labute approximate surface area is 150 Å². The van der Waals surface area contributed by atoms with Crippen LogP contribution in [0.15, 0.2) is 36.0 Å². The van der Waals surface area contributed by atoms with Crippen molar-refractivity contribution in [3.8, 4) is 11.8 Å². The van der Waals surface area contributed by atoms with Gasteiger partial charge in [0, 0.05) is 19.3 Å². The number of carbonyl (C=O) groups excluding carboxylic acids is 1. The molecule has 1 heterocycles. The Morgan fingerprint density at radius 1 is 1.32 bits per heavy atom. The Morgan fingerprint density at radius 3 is 2.44 bits per heavy atom. The molecule has 3 atom stereocenters. The van der Waals surface area contributed by atoms with Gasteiger partial charge in [-0.05, 0) is 42.9 Å². The average molecular weight is 341 g/mol. The fourth-order valence-corrected chi connectivity index (χ4v) is 3.39. The minimum absolute atomic E-state index is 0.154. The number of methoxy groups -OCH3 is 1. The van der Waals surface area contributed by atoms with Gasteiger partial charge >= 0.3 is 0 Å². The molecule has 1 fully saturated rings. The van der Waals surface area contributed by atoms with Crippen LogP contribution in [-0.4, -0.2) is 31.0 Å². The maximum atomic E-state index is 12.5. The van der Waals surface area contributed by atoms with Gasteiger partial charge in [-0.1, -0.05) is 26.0 Å². The first kappa shape index (κ1) is 18.9. The van der Waals surface area contributed by atoms with E-state index in [9.17, 15) is 10.1 Å². The molecule has 1 amide bonds. The molecular weight excluding hydrogens is 314 g/mol. The largest absolute Gasteiger partial charge is 0.497 e. The van der Waals surface area contributed by atoms with E-state index in [1.165, 1.54) is 6.42 Å². The number of ether oxygens (including phenoxy) is 1. The lowest BCUT2D eigenvalue weighted by Crippen LogP contribution is -2.36. The summed E-state index contributed by atoms with van der Waals surface area (Å²) in [5.41, 5.74) is 1.12. The second-order valence-electron chi connectivity index (χ2n) is 7.02. The van der Waals surface area contributed by atoms with Crippen molar-refractivity contribution in [1.29, 1.82) is 5.26 Å². The number of nitriles is 1. The molecule has 25 heavy (non-hydrogen) atoms. The maximum absolute atomic E-state index is 12.5. The first-order chi connectivity index (χ1) is 11.9. The highest BCUT2D eigenvalue weighted by atomic mass is 16.5. The van der Waals surface area contributed by atoms with E-state index in [1.54, 1.807) is 13.3 Å². The second-order valence-corrected chi connectivity index (χ2v) is 7.02. The van der Waals surface area contributed by atoms with Gasteiger partial charge in [0.25, 0.3) is 5.91 Å². The number of likely N-dealkylation sites (tertiary alicyclic amines) is 1. The number of rotatable bonds is 5. The zero-order valence-electron chi connectivity index (χ0n) is 15.5. The van der Waals surface area contributed by atoms with Gasteiger partial charge in [-0.2, -0.15) is 5.26 Å². The molecule has 5 nitrogen and oxygen atoms in total. The Kier molecular flexibility index (Phi) is 6.46. The van der Waals surface area contributed by atoms with Crippen LogP contribution in [0, 0.1) is 23.2 Å². The standard InChI is InChI=1S/C20H27N3O2/c1-14-9-15(2)12-23(11-14)13-18(10-21)20(24)22-16(3)17-5-7-19(25-4)8-6-17/h5-8,13-16H,9,11-12H2,1-4H3,(H,22,24)/b18-13-. The van der Waals surface area contributed by atoms with Crippen molar-refractivity contribution in [1.82, 2.24) is 10.2 Å². The van der Waals surface area contributed by atoms with Crippen LogP contribution >= 0.6 is 0 Å². The summed E-state index contributed by atoms with van der Waals surface area (Å²) >= 11 is 0. The molecule has 5 heteroatoms. The predicted molar refractivity (Wildman–Crippen MR) is 97.8 cm³/mol. The Hall–Kier alpha value is -2.48. The molecule has 0 spiro atoms. The summed E-state index contributed by atoms with van der Waals surface area (Å²) in [6.45, 7) is 8.08. The molecule has 1 saturated heterocycles. The van der Waals surface area contributed by atoms with E-state index in [0.717, 1.165) is 24.4 Å². The quantitative estimate of drug-likeness (QED) is 0.659. The highest BCUT2D eigenvalue weighted by Crippen LogP contribution is 2.22. The molecule has 1 aliphatic heterocycles. The van der Waals surface area contributed by atoms with Crippen LogP contribution in [0.2, 0.25) is 0 Å². The summed E-state index contributed by atoms with van der Waals surface area (Å²) in [5.74, 6) is 1.58. The van der Waals surface area contributed by atoms with Crippen molar-refractivity contribution in [3.05, 3.63) is 41.6 Å². The third-order valence-electron chi connectivity index (χ3n) is 4.54. The van der Waals surface area contributed by atoms with Crippen molar-refractivity contribution in [2.45, 2.75) is 33.2 Å². The lowest BCUT2D eigenvalue weighted by Gasteiger charge is -2.34. The molecular formula is C20H27N3O2. The van der Waals surface area contributed by atoms with Crippen LogP contribution < -0.4 is 10.1 Å². The number of hydrogen-bond donors (Lipinski definition) is 1. The molecule has 2 rings (SSSR count). The van der Waals surface area contributed by atoms with Crippen molar-refractivity contribution in [2.75, 3.05) is 20.2 Å². The number of nitrogens with zero attached hydrogens (tertiary/aromatic N) is 2. The van der Waals surface area contributed by atoms with E-state index in [-0.39, 0.29) is 17.5 Å². The molecule has 0 aromatic heterocycles. The maximum Gasteiger partial charge on any atom is 0.263 e. The molecule has 0 bridgehead atoms. The number of benzene rings is 1. The Balaban J connectivity index is 2.03. The Bertz CT molecular complexity index is 651. The SMILES string of the molecule is COc1ccc(C(C)NC(=O)/C(C#N)=C\N2CC(C)CC(C)C2)cc1. The summed E-state index contributed by atoms with van der Waals surface area (Å²) in [6.07, 6.45) is 2.90. The van der Waals surface area contributed by atoms with E-state index in [0.29, 0.717) is 11.8 Å².